The van der Waals surface area contributed by atoms with E-state index in [-0.39, 0.29) is 16.9 Å². The third kappa shape index (κ3) is 6.29. The molecule has 0 spiro atoms. The molecule has 2 aromatic carbocycles. The predicted octanol–water partition coefficient (Wildman–Crippen LogP) is 4.12. The van der Waals surface area contributed by atoms with Crippen LogP contribution < -0.4 is 15.5 Å². The highest BCUT2D eigenvalue weighted by molar-refractivity contribution is 7.80. The molecule has 1 heterocycles. The highest BCUT2D eigenvalue weighted by Crippen LogP contribution is 2.20. The number of benzene rings is 2. The van der Waals surface area contributed by atoms with Crippen molar-refractivity contribution in [3.63, 3.8) is 0 Å². The van der Waals surface area contributed by atoms with Crippen molar-refractivity contribution < 1.29 is 9.59 Å². The standard InChI is InChI=1S/C25H32N4O2S/c1-17(2)15-23(30)29-13-11-28(12-14-29)22-9-7-21(8-10-22)26-25(32)27-24(31)20-6-5-18(3)19(4)16-20/h5-10,16-17H,11-15H2,1-4H3,(H2,26,27,31,32). The summed E-state index contributed by atoms with van der Waals surface area (Å²) in [5.74, 6) is 0.403. The number of thiocarbonyl (C=S) groups is 1. The van der Waals surface area contributed by atoms with E-state index in [9.17, 15) is 9.59 Å². The average molecular weight is 453 g/mol. The number of anilines is 2. The molecular weight excluding hydrogens is 420 g/mol. The van der Waals surface area contributed by atoms with Crippen LogP contribution in [0.25, 0.3) is 0 Å². The topological polar surface area (TPSA) is 64.7 Å². The SMILES string of the molecule is Cc1ccc(C(=O)NC(=S)Nc2ccc(N3CCN(C(=O)CC(C)C)CC3)cc2)cc1C. The van der Waals surface area contributed by atoms with E-state index in [1.807, 2.05) is 55.1 Å². The number of piperazine rings is 1. The van der Waals surface area contributed by atoms with E-state index in [1.165, 1.54) is 0 Å². The molecule has 0 aliphatic carbocycles. The molecule has 1 aliphatic heterocycles. The van der Waals surface area contributed by atoms with Gasteiger partial charge in [-0.25, -0.2) is 0 Å². The van der Waals surface area contributed by atoms with E-state index < -0.39 is 0 Å². The zero-order valence-corrected chi connectivity index (χ0v) is 20.1. The Morgan fingerprint density at radius 2 is 1.62 bits per heavy atom. The van der Waals surface area contributed by atoms with E-state index >= 15 is 0 Å². The van der Waals surface area contributed by atoms with Gasteiger partial charge >= 0.3 is 0 Å². The van der Waals surface area contributed by atoms with Gasteiger partial charge in [-0.2, -0.15) is 0 Å². The number of carbonyl (C=O) groups is 2. The molecule has 0 atom stereocenters. The maximum atomic E-state index is 12.4. The summed E-state index contributed by atoms with van der Waals surface area (Å²) in [5.41, 5.74) is 4.71. The molecule has 2 N–H and O–H groups in total. The van der Waals surface area contributed by atoms with Gasteiger partial charge in [-0.15, -0.1) is 0 Å². The van der Waals surface area contributed by atoms with Crippen LogP contribution in [0.5, 0.6) is 0 Å². The average Bonchev–Trinajstić information content (AvgIpc) is 2.75. The summed E-state index contributed by atoms with van der Waals surface area (Å²) in [5, 5.41) is 6.06. The van der Waals surface area contributed by atoms with Gasteiger partial charge in [-0.1, -0.05) is 19.9 Å². The minimum absolute atomic E-state index is 0.230. The van der Waals surface area contributed by atoms with E-state index in [1.54, 1.807) is 6.07 Å². The summed E-state index contributed by atoms with van der Waals surface area (Å²) in [7, 11) is 0. The maximum absolute atomic E-state index is 12.4. The Morgan fingerprint density at radius 1 is 0.969 bits per heavy atom. The first-order valence-corrected chi connectivity index (χ1v) is 11.5. The van der Waals surface area contributed by atoms with Crippen molar-refractivity contribution in [3.05, 3.63) is 59.2 Å². The first kappa shape index (κ1) is 23.7. The normalized spacial score (nSPS) is 13.8. The van der Waals surface area contributed by atoms with Gasteiger partial charge in [0.2, 0.25) is 5.91 Å². The van der Waals surface area contributed by atoms with Crippen LogP contribution >= 0.6 is 12.2 Å². The minimum Gasteiger partial charge on any atom is -0.368 e. The molecule has 32 heavy (non-hydrogen) atoms. The van der Waals surface area contributed by atoms with Crippen LogP contribution in [-0.4, -0.2) is 48.0 Å². The molecule has 1 aliphatic rings. The summed E-state index contributed by atoms with van der Waals surface area (Å²) >= 11 is 5.30. The first-order chi connectivity index (χ1) is 15.2. The number of amides is 2. The number of nitrogens with zero attached hydrogens (tertiary/aromatic N) is 2. The van der Waals surface area contributed by atoms with Crippen molar-refractivity contribution >= 4 is 40.5 Å². The molecule has 6 nitrogen and oxygen atoms in total. The molecule has 0 aromatic heterocycles. The van der Waals surface area contributed by atoms with Gasteiger partial charge in [-0.05, 0) is 79.5 Å². The van der Waals surface area contributed by atoms with Gasteiger partial charge < -0.3 is 15.1 Å². The van der Waals surface area contributed by atoms with Crippen molar-refractivity contribution in [2.45, 2.75) is 34.1 Å². The summed E-state index contributed by atoms with van der Waals surface area (Å²) in [4.78, 5) is 28.9. The second-order valence-electron chi connectivity index (χ2n) is 8.72. The maximum Gasteiger partial charge on any atom is 0.257 e. The smallest absolute Gasteiger partial charge is 0.257 e. The summed E-state index contributed by atoms with van der Waals surface area (Å²) in [6.45, 7) is 11.3. The van der Waals surface area contributed by atoms with Crippen molar-refractivity contribution in [1.82, 2.24) is 10.2 Å². The fourth-order valence-electron chi connectivity index (χ4n) is 3.67. The van der Waals surface area contributed by atoms with Crippen LogP contribution in [-0.2, 0) is 4.79 Å². The van der Waals surface area contributed by atoms with Gasteiger partial charge in [0.05, 0.1) is 0 Å². The van der Waals surface area contributed by atoms with Crippen LogP contribution in [0.15, 0.2) is 42.5 Å². The Labute approximate surface area is 196 Å². The quantitative estimate of drug-likeness (QED) is 0.668. The van der Waals surface area contributed by atoms with Gasteiger partial charge in [0, 0.05) is 49.5 Å². The summed E-state index contributed by atoms with van der Waals surface area (Å²) in [6.07, 6.45) is 0.611. The molecule has 3 rings (SSSR count). The second-order valence-corrected chi connectivity index (χ2v) is 9.13. The Morgan fingerprint density at radius 3 is 2.22 bits per heavy atom. The third-order valence-corrected chi connectivity index (χ3v) is 5.91. The zero-order chi connectivity index (χ0) is 23.3. The summed E-state index contributed by atoms with van der Waals surface area (Å²) in [6, 6.07) is 13.5. The van der Waals surface area contributed by atoms with Crippen molar-refractivity contribution in [3.8, 4) is 0 Å². The van der Waals surface area contributed by atoms with Gasteiger partial charge in [0.1, 0.15) is 0 Å². The van der Waals surface area contributed by atoms with E-state index in [0.29, 0.717) is 17.9 Å². The van der Waals surface area contributed by atoms with E-state index in [2.05, 4.69) is 29.4 Å². The summed E-state index contributed by atoms with van der Waals surface area (Å²) < 4.78 is 0. The lowest BCUT2D eigenvalue weighted by atomic mass is 10.1. The highest BCUT2D eigenvalue weighted by atomic mass is 32.1. The Hall–Kier alpha value is -2.93. The molecule has 2 amide bonds. The second kappa shape index (κ2) is 10.6. The lowest BCUT2D eigenvalue weighted by Crippen LogP contribution is -2.49. The predicted molar refractivity (Wildman–Crippen MR) is 134 cm³/mol. The van der Waals surface area contributed by atoms with Crippen molar-refractivity contribution in [1.29, 1.82) is 0 Å². The van der Waals surface area contributed by atoms with E-state index in [0.717, 1.165) is 48.7 Å². The van der Waals surface area contributed by atoms with Crippen molar-refractivity contribution in [2.24, 2.45) is 5.92 Å². The molecule has 0 bridgehead atoms. The molecule has 0 unspecified atom stereocenters. The highest BCUT2D eigenvalue weighted by Gasteiger charge is 2.21. The first-order valence-electron chi connectivity index (χ1n) is 11.1. The third-order valence-electron chi connectivity index (χ3n) is 5.70. The Bertz CT molecular complexity index is 980. The lowest BCUT2D eigenvalue weighted by molar-refractivity contribution is -0.132. The molecule has 170 valence electrons. The number of hydrogen-bond donors (Lipinski definition) is 2. The van der Waals surface area contributed by atoms with E-state index in [4.69, 9.17) is 12.2 Å². The largest absolute Gasteiger partial charge is 0.368 e. The number of carbonyl (C=O) groups excluding carboxylic acids is 2. The molecule has 1 saturated heterocycles. The van der Waals surface area contributed by atoms with Crippen LogP contribution in [0.2, 0.25) is 0 Å². The Kier molecular flexibility index (Phi) is 7.85. The molecule has 7 heteroatoms. The van der Waals surface area contributed by atoms with Crippen LogP contribution in [0.1, 0.15) is 41.8 Å². The number of rotatable bonds is 5. The Balaban J connectivity index is 1.50. The minimum atomic E-state index is -0.230. The molecule has 0 saturated carbocycles. The number of nitrogens with one attached hydrogen (secondary N) is 2. The van der Waals surface area contributed by atoms with Crippen LogP contribution in [0, 0.1) is 19.8 Å². The number of aryl methyl sites for hydroxylation is 2. The molecular formula is C25H32N4O2S. The van der Waals surface area contributed by atoms with Crippen LogP contribution in [0.4, 0.5) is 11.4 Å². The molecule has 1 fully saturated rings. The monoisotopic (exact) mass is 452 g/mol. The molecule has 0 radical (unpaired) electrons. The van der Waals surface area contributed by atoms with Crippen molar-refractivity contribution in [2.75, 3.05) is 36.4 Å². The fourth-order valence-corrected chi connectivity index (χ4v) is 3.88. The van der Waals surface area contributed by atoms with Crippen LogP contribution in [0.3, 0.4) is 0 Å². The van der Waals surface area contributed by atoms with Gasteiger partial charge in [0.25, 0.3) is 5.91 Å². The molecule has 2 aromatic rings. The van der Waals surface area contributed by atoms with Gasteiger partial charge in [-0.3, -0.25) is 14.9 Å². The van der Waals surface area contributed by atoms with Gasteiger partial charge in [0.15, 0.2) is 5.11 Å². The lowest BCUT2D eigenvalue weighted by Gasteiger charge is -2.36. The fraction of sp³-hybridized carbons (Fsp3) is 0.400. The number of hydrogen-bond acceptors (Lipinski definition) is 4. The zero-order valence-electron chi connectivity index (χ0n) is 19.3.